The van der Waals surface area contributed by atoms with Crippen LogP contribution in [0.4, 0.5) is 13.2 Å². The van der Waals surface area contributed by atoms with E-state index < -0.39 is 17.2 Å². The first-order valence-corrected chi connectivity index (χ1v) is 8.61. The molecule has 0 spiro atoms. The van der Waals surface area contributed by atoms with Crippen molar-refractivity contribution in [3.8, 4) is 5.75 Å². The molecule has 2 rings (SSSR count). The predicted octanol–water partition coefficient (Wildman–Crippen LogP) is 3.29. The third kappa shape index (κ3) is 5.99. The van der Waals surface area contributed by atoms with E-state index in [0.717, 1.165) is 6.07 Å². The molecule has 3 N–H and O–H groups in total. The van der Waals surface area contributed by atoms with Crippen molar-refractivity contribution < 1.29 is 27.4 Å². The van der Waals surface area contributed by atoms with Gasteiger partial charge in [0.1, 0.15) is 5.75 Å². The van der Waals surface area contributed by atoms with Crippen molar-refractivity contribution in [2.75, 3.05) is 19.8 Å². The van der Waals surface area contributed by atoms with Crippen LogP contribution in [0.3, 0.4) is 0 Å². The van der Waals surface area contributed by atoms with Gasteiger partial charge in [0.05, 0.1) is 17.1 Å². The Labute approximate surface area is 163 Å². The Hall–Kier alpha value is -1.51. The lowest BCUT2D eigenvalue weighted by Crippen LogP contribution is -2.49. The number of halogens is 4. The Kier molecular flexibility index (Phi) is 8.38. The lowest BCUT2D eigenvalue weighted by atomic mass is 9.79. The summed E-state index contributed by atoms with van der Waals surface area (Å²) in [5, 5.41) is 2.62. The Bertz CT molecular complexity index is 633. The third-order valence-corrected chi connectivity index (χ3v) is 4.52. The lowest BCUT2D eigenvalue weighted by molar-refractivity contribution is -0.139. The lowest BCUT2D eigenvalue weighted by Gasteiger charge is -2.34. The van der Waals surface area contributed by atoms with Crippen LogP contribution in [0.1, 0.15) is 37.8 Å². The van der Waals surface area contributed by atoms with Crippen molar-refractivity contribution >= 4 is 18.3 Å². The van der Waals surface area contributed by atoms with Gasteiger partial charge in [-0.2, -0.15) is 13.2 Å². The van der Waals surface area contributed by atoms with Crippen molar-refractivity contribution in [3.05, 3.63) is 29.3 Å². The molecule has 1 aromatic carbocycles. The number of ether oxygens (including phenoxy) is 2. The van der Waals surface area contributed by atoms with Gasteiger partial charge < -0.3 is 20.5 Å². The average Bonchev–Trinajstić information content (AvgIpc) is 2.59. The fraction of sp³-hybridized carbons (Fsp3) is 0.611. The molecule has 0 unspecified atom stereocenters. The topological polar surface area (TPSA) is 73.6 Å². The molecule has 1 aromatic rings. The van der Waals surface area contributed by atoms with Gasteiger partial charge in [0.15, 0.2) is 0 Å². The summed E-state index contributed by atoms with van der Waals surface area (Å²) < 4.78 is 50.7. The molecule has 1 saturated heterocycles. The summed E-state index contributed by atoms with van der Waals surface area (Å²) >= 11 is 0. The van der Waals surface area contributed by atoms with Crippen LogP contribution in [-0.4, -0.2) is 31.8 Å². The van der Waals surface area contributed by atoms with Crippen LogP contribution in [0.15, 0.2) is 18.2 Å². The van der Waals surface area contributed by atoms with Crippen LogP contribution < -0.4 is 15.8 Å². The summed E-state index contributed by atoms with van der Waals surface area (Å²) in [4.78, 5) is 12.5. The number of carbonyl (C=O) groups excluding carboxylic acids is 1. The summed E-state index contributed by atoms with van der Waals surface area (Å²) in [6.45, 7) is 4.22. The molecular formula is C18H26ClF3N2O3. The second kappa shape index (κ2) is 9.61. The molecule has 5 nitrogen and oxygen atoms in total. The van der Waals surface area contributed by atoms with E-state index in [1.807, 2.05) is 0 Å². The summed E-state index contributed by atoms with van der Waals surface area (Å²) in [5.41, 5.74) is 4.15. The van der Waals surface area contributed by atoms with Gasteiger partial charge in [-0.1, -0.05) is 6.07 Å². The van der Waals surface area contributed by atoms with Gasteiger partial charge in [-0.05, 0) is 44.4 Å². The number of carbonyl (C=O) groups is 1. The molecule has 0 radical (unpaired) electrons. The fourth-order valence-electron chi connectivity index (χ4n) is 2.97. The molecule has 1 aliphatic rings. The number of hydrogen-bond donors (Lipinski definition) is 2. The fourth-order valence-corrected chi connectivity index (χ4v) is 2.97. The number of hydrogen-bond acceptors (Lipinski definition) is 4. The Morgan fingerprint density at radius 3 is 2.48 bits per heavy atom. The molecule has 27 heavy (non-hydrogen) atoms. The maximum Gasteiger partial charge on any atom is 0.416 e. The van der Waals surface area contributed by atoms with Gasteiger partial charge >= 0.3 is 6.18 Å². The van der Waals surface area contributed by atoms with Crippen molar-refractivity contribution in [2.24, 2.45) is 11.1 Å². The predicted molar refractivity (Wildman–Crippen MR) is 97.8 cm³/mol. The molecule has 0 aromatic heterocycles. The number of benzene rings is 1. The molecule has 0 atom stereocenters. The average molecular weight is 411 g/mol. The number of nitrogens with two attached hydrogens (primary N) is 1. The highest BCUT2D eigenvalue weighted by atomic mass is 35.5. The smallest absolute Gasteiger partial charge is 0.416 e. The van der Waals surface area contributed by atoms with Crippen LogP contribution in [0.2, 0.25) is 0 Å². The summed E-state index contributed by atoms with van der Waals surface area (Å²) in [6, 6.07) is 3.78. The molecule has 0 aliphatic carbocycles. The van der Waals surface area contributed by atoms with Crippen LogP contribution in [0.25, 0.3) is 0 Å². The molecule has 1 heterocycles. The summed E-state index contributed by atoms with van der Waals surface area (Å²) in [7, 11) is 0. The van der Waals surface area contributed by atoms with Crippen LogP contribution in [-0.2, 0) is 22.3 Å². The van der Waals surface area contributed by atoms with E-state index in [4.69, 9.17) is 15.2 Å². The van der Waals surface area contributed by atoms with E-state index in [9.17, 15) is 18.0 Å². The van der Waals surface area contributed by atoms with Crippen molar-refractivity contribution in [3.63, 3.8) is 0 Å². The maximum atomic E-state index is 13.4. The number of nitrogens with one attached hydrogen (secondary N) is 1. The molecule has 1 aliphatic heterocycles. The number of amides is 1. The largest absolute Gasteiger partial charge is 0.491 e. The van der Waals surface area contributed by atoms with E-state index in [2.05, 4.69) is 5.32 Å². The molecule has 154 valence electrons. The zero-order chi connectivity index (χ0) is 19.4. The highest BCUT2D eigenvalue weighted by molar-refractivity contribution is 5.85. The van der Waals surface area contributed by atoms with E-state index in [1.165, 1.54) is 12.1 Å². The van der Waals surface area contributed by atoms with Crippen LogP contribution >= 0.6 is 12.4 Å². The second-order valence-corrected chi connectivity index (χ2v) is 6.76. The SMILES string of the molecule is CC(C)Oc1ccc(CNC(=O)C2(CN)CCOCC2)c(C(F)(F)F)c1.Cl. The van der Waals surface area contributed by atoms with Crippen molar-refractivity contribution in [1.82, 2.24) is 5.32 Å². The summed E-state index contributed by atoms with van der Waals surface area (Å²) in [5.74, 6) is -0.191. The van der Waals surface area contributed by atoms with Gasteiger partial charge in [0, 0.05) is 26.3 Å². The minimum Gasteiger partial charge on any atom is -0.491 e. The normalized spacial score (nSPS) is 16.6. The monoisotopic (exact) mass is 410 g/mol. The quantitative estimate of drug-likeness (QED) is 0.754. The molecule has 0 bridgehead atoms. The van der Waals surface area contributed by atoms with Gasteiger partial charge in [-0.3, -0.25) is 4.79 Å². The first-order chi connectivity index (χ1) is 12.2. The van der Waals surface area contributed by atoms with Gasteiger partial charge in [0.2, 0.25) is 5.91 Å². The molecule has 0 saturated carbocycles. The van der Waals surface area contributed by atoms with Gasteiger partial charge in [-0.15, -0.1) is 12.4 Å². The zero-order valence-corrected chi connectivity index (χ0v) is 16.2. The Morgan fingerprint density at radius 1 is 1.33 bits per heavy atom. The van der Waals surface area contributed by atoms with E-state index >= 15 is 0 Å². The standard InChI is InChI=1S/C18H25F3N2O3.ClH/c1-12(2)26-14-4-3-13(15(9-14)18(19,20)21)10-23-16(24)17(11-22)5-7-25-8-6-17;/h3-4,9,12H,5-8,10-11,22H2,1-2H3,(H,23,24);1H. The molecule has 1 fully saturated rings. The van der Waals surface area contributed by atoms with Crippen molar-refractivity contribution in [2.45, 2.75) is 45.5 Å². The van der Waals surface area contributed by atoms with Gasteiger partial charge in [0.25, 0.3) is 0 Å². The maximum absolute atomic E-state index is 13.4. The first-order valence-electron chi connectivity index (χ1n) is 8.61. The first kappa shape index (κ1) is 23.5. The van der Waals surface area contributed by atoms with Crippen LogP contribution in [0, 0.1) is 5.41 Å². The summed E-state index contributed by atoms with van der Waals surface area (Å²) in [6.07, 6.45) is -3.86. The molecule has 9 heteroatoms. The number of rotatable bonds is 6. The number of alkyl halides is 3. The van der Waals surface area contributed by atoms with Crippen molar-refractivity contribution in [1.29, 1.82) is 0 Å². The minimum atomic E-state index is -4.54. The van der Waals surface area contributed by atoms with Gasteiger partial charge in [-0.25, -0.2) is 0 Å². The van der Waals surface area contributed by atoms with E-state index in [1.54, 1.807) is 13.8 Å². The van der Waals surface area contributed by atoms with E-state index in [-0.39, 0.29) is 48.8 Å². The van der Waals surface area contributed by atoms with E-state index in [0.29, 0.717) is 26.1 Å². The van der Waals surface area contributed by atoms with Crippen LogP contribution in [0.5, 0.6) is 5.75 Å². The highest BCUT2D eigenvalue weighted by Gasteiger charge is 2.39. The Morgan fingerprint density at radius 2 is 1.96 bits per heavy atom. The highest BCUT2D eigenvalue weighted by Crippen LogP contribution is 2.35. The second-order valence-electron chi connectivity index (χ2n) is 6.76. The Balaban J connectivity index is 0.00000364. The zero-order valence-electron chi connectivity index (χ0n) is 15.4. The molecule has 1 amide bonds. The molecular weight excluding hydrogens is 385 g/mol. The third-order valence-electron chi connectivity index (χ3n) is 4.52. The minimum absolute atomic E-state index is 0.